The lowest BCUT2D eigenvalue weighted by atomic mass is 10.1. The van der Waals surface area contributed by atoms with Crippen molar-refractivity contribution in [1.29, 1.82) is 5.26 Å². The fraction of sp³-hybridized carbons (Fsp3) is 0.143. The normalized spacial score (nSPS) is 11.6. The maximum Gasteiger partial charge on any atom is 0.242 e. The van der Waals surface area contributed by atoms with Crippen LogP contribution in [0.4, 0.5) is 5.00 Å². The van der Waals surface area contributed by atoms with Gasteiger partial charge in [0, 0.05) is 0 Å². The Morgan fingerprint density at radius 1 is 1.40 bits per heavy atom. The van der Waals surface area contributed by atoms with E-state index in [0.29, 0.717) is 17.0 Å². The molecule has 1 amide bonds. The first kappa shape index (κ1) is 14.1. The van der Waals surface area contributed by atoms with E-state index >= 15 is 0 Å². The lowest BCUT2D eigenvalue weighted by Crippen LogP contribution is -2.37. The van der Waals surface area contributed by atoms with Crippen LogP contribution < -0.4 is 11.1 Å². The maximum absolute atomic E-state index is 12.0. The van der Waals surface area contributed by atoms with E-state index in [9.17, 15) is 9.90 Å². The second kappa shape index (κ2) is 6.19. The number of aromatic hydroxyl groups is 1. The molecule has 1 aromatic heterocycles. The summed E-state index contributed by atoms with van der Waals surface area (Å²) in [7, 11) is 0. The molecule has 0 spiro atoms. The van der Waals surface area contributed by atoms with Crippen LogP contribution in [0.15, 0.2) is 35.7 Å². The van der Waals surface area contributed by atoms with Crippen molar-refractivity contribution in [2.24, 2.45) is 5.73 Å². The van der Waals surface area contributed by atoms with Crippen LogP contribution in [-0.2, 0) is 11.2 Å². The molecule has 0 saturated carbocycles. The fourth-order valence-corrected chi connectivity index (χ4v) is 2.42. The minimum atomic E-state index is -0.715. The zero-order valence-electron chi connectivity index (χ0n) is 10.5. The van der Waals surface area contributed by atoms with Crippen LogP contribution in [0, 0.1) is 11.3 Å². The van der Waals surface area contributed by atoms with Gasteiger partial charge in [-0.2, -0.15) is 5.26 Å². The number of nitriles is 1. The van der Waals surface area contributed by atoms with Crippen molar-refractivity contribution in [3.63, 3.8) is 0 Å². The summed E-state index contributed by atoms with van der Waals surface area (Å²) in [5, 5.41) is 23.0. The van der Waals surface area contributed by atoms with E-state index in [-0.39, 0.29) is 11.7 Å². The summed E-state index contributed by atoms with van der Waals surface area (Å²) in [4.78, 5) is 12.0. The lowest BCUT2D eigenvalue weighted by molar-refractivity contribution is -0.117. The number of benzene rings is 1. The molecule has 0 fully saturated rings. The number of carbonyl (C=O) groups excluding carboxylic acids is 1. The van der Waals surface area contributed by atoms with E-state index in [1.807, 2.05) is 6.07 Å². The van der Waals surface area contributed by atoms with Gasteiger partial charge in [-0.05, 0) is 35.6 Å². The smallest absolute Gasteiger partial charge is 0.242 e. The first-order valence-electron chi connectivity index (χ1n) is 5.92. The Bertz CT molecular complexity index is 643. The Balaban J connectivity index is 1.99. The van der Waals surface area contributed by atoms with E-state index in [1.165, 1.54) is 11.3 Å². The average molecular weight is 287 g/mol. The molecule has 2 rings (SSSR count). The third kappa shape index (κ3) is 3.35. The van der Waals surface area contributed by atoms with Crippen LogP contribution in [0.5, 0.6) is 5.75 Å². The Morgan fingerprint density at radius 2 is 2.10 bits per heavy atom. The first-order valence-corrected chi connectivity index (χ1v) is 6.80. The summed E-state index contributed by atoms with van der Waals surface area (Å²) in [6.07, 6.45) is 0.360. The monoisotopic (exact) mass is 287 g/mol. The Labute approximate surface area is 120 Å². The standard InChI is InChI=1S/C14H13N3O2S/c15-8-10-5-6-20-14(10)17-13(19)12(16)7-9-1-3-11(18)4-2-9/h1-6,12,18H,7,16H2,(H,17,19). The molecule has 0 bridgehead atoms. The van der Waals surface area contributed by atoms with Crippen molar-refractivity contribution >= 4 is 22.2 Å². The van der Waals surface area contributed by atoms with Crippen molar-refractivity contribution in [3.8, 4) is 11.8 Å². The molecule has 4 N–H and O–H groups in total. The first-order chi connectivity index (χ1) is 9.60. The summed E-state index contributed by atoms with van der Waals surface area (Å²) in [6.45, 7) is 0. The van der Waals surface area contributed by atoms with Crippen molar-refractivity contribution < 1.29 is 9.90 Å². The number of amides is 1. The average Bonchev–Trinajstić information content (AvgIpc) is 2.88. The molecule has 1 aromatic carbocycles. The van der Waals surface area contributed by atoms with Gasteiger partial charge in [-0.25, -0.2) is 0 Å². The summed E-state index contributed by atoms with van der Waals surface area (Å²) in [5.41, 5.74) is 7.13. The third-order valence-corrected chi connectivity index (χ3v) is 3.58. The maximum atomic E-state index is 12.0. The van der Waals surface area contributed by atoms with Crippen LogP contribution in [0.1, 0.15) is 11.1 Å². The largest absolute Gasteiger partial charge is 0.508 e. The van der Waals surface area contributed by atoms with Crippen LogP contribution in [0.2, 0.25) is 0 Å². The highest BCUT2D eigenvalue weighted by atomic mass is 32.1. The number of rotatable bonds is 4. The van der Waals surface area contributed by atoms with E-state index in [1.54, 1.807) is 35.7 Å². The molecule has 6 heteroatoms. The van der Waals surface area contributed by atoms with Crippen LogP contribution in [0.25, 0.3) is 0 Å². The summed E-state index contributed by atoms with van der Waals surface area (Å²) in [5.74, 6) is -0.166. The van der Waals surface area contributed by atoms with Gasteiger partial charge >= 0.3 is 0 Å². The number of phenolic OH excluding ortho intramolecular Hbond substituents is 1. The van der Waals surface area contributed by atoms with Gasteiger partial charge < -0.3 is 16.2 Å². The van der Waals surface area contributed by atoms with Crippen molar-refractivity contribution in [2.75, 3.05) is 5.32 Å². The number of carbonyl (C=O) groups is 1. The molecular weight excluding hydrogens is 274 g/mol. The quantitative estimate of drug-likeness (QED) is 0.798. The molecule has 1 heterocycles. The molecule has 0 aliphatic heterocycles. The van der Waals surface area contributed by atoms with E-state index in [0.717, 1.165) is 5.56 Å². The second-order valence-corrected chi connectivity index (χ2v) is 5.16. The number of nitrogens with one attached hydrogen (secondary N) is 1. The molecule has 0 radical (unpaired) electrons. The highest BCUT2D eigenvalue weighted by molar-refractivity contribution is 7.14. The van der Waals surface area contributed by atoms with Crippen LogP contribution in [0.3, 0.4) is 0 Å². The molecule has 5 nitrogen and oxygen atoms in total. The number of hydrogen-bond donors (Lipinski definition) is 3. The van der Waals surface area contributed by atoms with Crippen molar-refractivity contribution in [1.82, 2.24) is 0 Å². The minimum Gasteiger partial charge on any atom is -0.508 e. The molecule has 0 saturated heterocycles. The lowest BCUT2D eigenvalue weighted by Gasteiger charge is -2.11. The topological polar surface area (TPSA) is 99.1 Å². The highest BCUT2D eigenvalue weighted by Crippen LogP contribution is 2.22. The molecule has 0 aliphatic rings. The van der Waals surface area contributed by atoms with Gasteiger partial charge in [0.1, 0.15) is 16.8 Å². The van der Waals surface area contributed by atoms with Gasteiger partial charge in [-0.1, -0.05) is 12.1 Å². The number of phenols is 1. The Morgan fingerprint density at radius 3 is 2.75 bits per heavy atom. The zero-order chi connectivity index (χ0) is 14.5. The van der Waals surface area contributed by atoms with Crippen molar-refractivity contribution in [2.45, 2.75) is 12.5 Å². The van der Waals surface area contributed by atoms with Crippen molar-refractivity contribution in [3.05, 3.63) is 46.8 Å². The van der Waals surface area contributed by atoms with Gasteiger partial charge in [-0.15, -0.1) is 11.3 Å². The number of thiophene rings is 1. The third-order valence-electron chi connectivity index (χ3n) is 2.75. The SMILES string of the molecule is N#Cc1ccsc1NC(=O)C(N)Cc1ccc(O)cc1. The van der Waals surface area contributed by atoms with Gasteiger partial charge in [0.15, 0.2) is 0 Å². The van der Waals surface area contributed by atoms with Gasteiger partial charge in [0.2, 0.25) is 5.91 Å². The molecule has 102 valence electrons. The second-order valence-electron chi connectivity index (χ2n) is 4.24. The molecule has 20 heavy (non-hydrogen) atoms. The van der Waals surface area contributed by atoms with E-state index in [2.05, 4.69) is 5.32 Å². The summed E-state index contributed by atoms with van der Waals surface area (Å²) >= 11 is 1.29. The Kier molecular flexibility index (Phi) is 4.35. The van der Waals surface area contributed by atoms with Gasteiger partial charge in [-0.3, -0.25) is 4.79 Å². The minimum absolute atomic E-state index is 0.170. The zero-order valence-corrected chi connectivity index (χ0v) is 11.4. The van der Waals surface area contributed by atoms with Crippen LogP contribution in [-0.4, -0.2) is 17.1 Å². The summed E-state index contributed by atoms with van der Waals surface area (Å²) < 4.78 is 0. The van der Waals surface area contributed by atoms with Gasteiger partial charge in [0.25, 0.3) is 0 Å². The predicted molar refractivity (Wildman–Crippen MR) is 77.4 cm³/mol. The van der Waals surface area contributed by atoms with E-state index in [4.69, 9.17) is 11.0 Å². The number of nitrogens with zero attached hydrogens (tertiary/aromatic N) is 1. The van der Waals surface area contributed by atoms with Crippen LogP contribution >= 0.6 is 11.3 Å². The predicted octanol–water partition coefficient (Wildman–Crippen LogP) is 1.83. The summed E-state index contributed by atoms with van der Waals surface area (Å²) in [6, 6.07) is 9.46. The fourth-order valence-electron chi connectivity index (χ4n) is 1.68. The molecule has 2 aromatic rings. The Hall–Kier alpha value is -2.36. The highest BCUT2D eigenvalue weighted by Gasteiger charge is 2.16. The number of hydrogen-bond acceptors (Lipinski definition) is 5. The van der Waals surface area contributed by atoms with E-state index < -0.39 is 6.04 Å². The molecule has 1 atom stereocenters. The molecular formula is C14H13N3O2S. The number of anilines is 1. The molecule has 1 unspecified atom stereocenters. The number of nitrogens with two attached hydrogens (primary N) is 1. The molecule has 0 aliphatic carbocycles. The van der Waals surface area contributed by atoms with Gasteiger partial charge in [0.05, 0.1) is 11.6 Å².